The highest BCUT2D eigenvalue weighted by molar-refractivity contribution is 7.88. The number of benzene rings is 2. The first-order chi connectivity index (χ1) is 15.4. The Labute approximate surface area is 194 Å². The summed E-state index contributed by atoms with van der Waals surface area (Å²) in [6.45, 7) is 1.44. The monoisotopic (exact) mass is 504 g/mol. The molecule has 0 N–H and O–H groups in total. The Hall–Kier alpha value is -2.56. The van der Waals surface area contributed by atoms with Crippen LogP contribution in [0.5, 0.6) is 5.75 Å². The Morgan fingerprint density at radius 2 is 1.88 bits per heavy atom. The number of ether oxygens (including phenoxy) is 2. The lowest BCUT2D eigenvalue weighted by atomic mass is 9.98. The molecule has 1 aliphatic rings. The molecule has 2 aromatic rings. The number of esters is 1. The van der Waals surface area contributed by atoms with Crippen molar-refractivity contribution in [2.75, 3.05) is 6.61 Å². The van der Waals surface area contributed by atoms with Crippen LogP contribution in [-0.2, 0) is 30.8 Å². The molecule has 0 saturated heterocycles. The van der Waals surface area contributed by atoms with Gasteiger partial charge in [0.15, 0.2) is 0 Å². The van der Waals surface area contributed by atoms with Crippen molar-refractivity contribution in [1.82, 2.24) is 0 Å². The van der Waals surface area contributed by atoms with E-state index in [1.807, 2.05) is 24.3 Å². The summed E-state index contributed by atoms with van der Waals surface area (Å²) in [4.78, 5) is 11.0. The third-order valence-electron chi connectivity index (χ3n) is 4.74. The Kier molecular flexibility index (Phi) is 7.71. The van der Waals surface area contributed by atoms with Gasteiger partial charge in [0.1, 0.15) is 18.5 Å². The largest absolute Gasteiger partial charge is 0.534 e. The molecule has 0 bridgehead atoms. The molecule has 0 fully saturated rings. The number of halogens is 4. The topological polar surface area (TPSA) is 78.9 Å². The highest BCUT2D eigenvalue weighted by Gasteiger charge is 2.48. The fourth-order valence-corrected chi connectivity index (χ4v) is 3.81. The lowest BCUT2D eigenvalue weighted by molar-refractivity contribution is -0.145. The lowest BCUT2D eigenvalue weighted by Gasteiger charge is -2.26. The van der Waals surface area contributed by atoms with Crippen LogP contribution in [0.2, 0.25) is 5.02 Å². The molecule has 3 rings (SSSR count). The van der Waals surface area contributed by atoms with Crippen molar-refractivity contribution in [2.24, 2.45) is 0 Å². The minimum atomic E-state index is -5.73. The van der Waals surface area contributed by atoms with Crippen molar-refractivity contribution in [2.45, 2.75) is 37.5 Å². The maximum Gasteiger partial charge on any atom is 0.534 e. The second-order valence-corrected chi connectivity index (χ2v) is 9.23. The van der Waals surface area contributed by atoms with Crippen LogP contribution in [0.15, 0.2) is 54.6 Å². The first-order valence-electron chi connectivity index (χ1n) is 9.78. The average molecular weight is 505 g/mol. The normalized spacial score (nSPS) is 18.7. The van der Waals surface area contributed by atoms with Crippen molar-refractivity contribution < 1.29 is 40.0 Å². The van der Waals surface area contributed by atoms with Crippen LogP contribution < -0.4 is 4.18 Å². The standard InChI is InChI=1S/C22H20ClF3O6S/c1-14(27)30-13-19-3-2-4-21(31-19)16-7-10-20(23)17(12-16)11-15-5-8-18(9-6-15)32-33(28,29)22(24,25)26/h2-3,5-10,12,19,21H,4,11,13H2,1H3/t19-,21+/m1/s1. The predicted molar refractivity (Wildman–Crippen MR) is 114 cm³/mol. The highest BCUT2D eigenvalue weighted by atomic mass is 35.5. The molecule has 1 aliphatic heterocycles. The van der Waals surface area contributed by atoms with Crippen LogP contribution in [0.1, 0.15) is 36.1 Å². The van der Waals surface area contributed by atoms with Crippen molar-refractivity contribution in [3.8, 4) is 5.75 Å². The molecule has 0 saturated carbocycles. The van der Waals surface area contributed by atoms with Crippen molar-refractivity contribution >= 4 is 27.7 Å². The first kappa shape index (κ1) is 25.1. The molecule has 33 heavy (non-hydrogen) atoms. The van der Waals surface area contributed by atoms with Crippen molar-refractivity contribution in [3.05, 3.63) is 76.3 Å². The quantitative estimate of drug-likeness (QED) is 0.226. The number of hydrogen-bond acceptors (Lipinski definition) is 6. The molecule has 6 nitrogen and oxygen atoms in total. The van der Waals surface area contributed by atoms with E-state index in [2.05, 4.69) is 4.18 Å². The first-order valence-corrected chi connectivity index (χ1v) is 11.6. The van der Waals surface area contributed by atoms with Gasteiger partial charge < -0.3 is 13.7 Å². The lowest BCUT2D eigenvalue weighted by Crippen LogP contribution is -2.28. The molecule has 0 amide bonds. The number of hydrogen-bond donors (Lipinski definition) is 0. The fraction of sp³-hybridized carbons (Fsp3) is 0.318. The smallest absolute Gasteiger partial charge is 0.463 e. The van der Waals surface area contributed by atoms with Gasteiger partial charge in [-0.15, -0.1) is 0 Å². The maximum atomic E-state index is 12.5. The summed E-state index contributed by atoms with van der Waals surface area (Å²) in [5.74, 6) is -0.840. The number of carbonyl (C=O) groups is 1. The molecule has 11 heteroatoms. The summed E-state index contributed by atoms with van der Waals surface area (Å²) < 4.78 is 74.7. The van der Waals surface area contributed by atoms with E-state index >= 15 is 0 Å². The maximum absolute atomic E-state index is 12.5. The summed E-state index contributed by atoms with van der Waals surface area (Å²) >= 11 is 6.33. The van der Waals surface area contributed by atoms with Crippen molar-refractivity contribution in [3.63, 3.8) is 0 Å². The van der Waals surface area contributed by atoms with Gasteiger partial charge in [0, 0.05) is 11.9 Å². The molecule has 2 atom stereocenters. The molecule has 0 unspecified atom stereocenters. The summed E-state index contributed by atoms with van der Waals surface area (Å²) in [5, 5.41) is 0.488. The highest BCUT2D eigenvalue weighted by Crippen LogP contribution is 2.32. The van der Waals surface area contributed by atoms with E-state index in [4.69, 9.17) is 21.1 Å². The minimum absolute atomic E-state index is 0.112. The molecular weight excluding hydrogens is 485 g/mol. The van der Waals surface area contributed by atoms with Crippen LogP contribution in [0, 0.1) is 0 Å². The number of alkyl halides is 3. The fourth-order valence-electron chi connectivity index (χ4n) is 3.16. The SMILES string of the molecule is CC(=O)OC[C@H]1C=CC[C@@H](c2ccc(Cl)c(Cc3ccc(OS(=O)(=O)C(F)(F)F)cc3)c2)O1. The molecule has 0 spiro atoms. The second-order valence-electron chi connectivity index (χ2n) is 7.28. The van der Waals surface area contributed by atoms with Gasteiger partial charge in [0.05, 0.1) is 6.10 Å². The van der Waals surface area contributed by atoms with Gasteiger partial charge >= 0.3 is 21.6 Å². The molecule has 2 aromatic carbocycles. The van der Waals surface area contributed by atoms with E-state index in [0.717, 1.165) is 23.3 Å². The van der Waals surface area contributed by atoms with E-state index in [-0.39, 0.29) is 18.8 Å². The van der Waals surface area contributed by atoms with Gasteiger partial charge in [-0.2, -0.15) is 21.6 Å². The molecular formula is C22H20ClF3O6S. The molecule has 0 aliphatic carbocycles. The molecule has 1 heterocycles. The number of rotatable bonds is 7. The van der Waals surface area contributed by atoms with E-state index in [0.29, 0.717) is 23.4 Å². The van der Waals surface area contributed by atoms with Gasteiger partial charge in [-0.3, -0.25) is 4.79 Å². The Bertz CT molecular complexity index is 1130. The minimum Gasteiger partial charge on any atom is -0.463 e. The number of carbonyl (C=O) groups excluding carboxylic acids is 1. The zero-order chi connectivity index (χ0) is 24.2. The third-order valence-corrected chi connectivity index (χ3v) is 6.09. The summed E-state index contributed by atoms with van der Waals surface area (Å²) in [6, 6.07) is 10.6. The summed E-state index contributed by atoms with van der Waals surface area (Å²) in [6.07, 6.45) is 4.11. The zero-order valence-electron chi connectivity index (χ0n) is 17.3. The van der Waals surface area contributed by atoms with Crippen LogP contribution in [0.25, 0.3) is 0 Å². The molecule has 178 valence electrons. The third kappa shape index (κ3) is 6.72. The zero-order valence-corrected chi connectivity index (χ0v) is 18.9. The van der Waals surface area contributed by atoms with Crippen molar-refractivity contribution in [1.29, 1.82) is 0 Å². The van der Waals surface area contributed by atoms with E-state index < -0.39 is 27.3 Å². The Morgan fingerprint density at radius 3 is 2.52 bits per heavy atom. The summed E-state index contributed by atoms with van der Waals surface area (Å²) in [5.41, 5.74) is -3.21. The van der Waals surface area contributed by atoms with E-state index in [1.165, 1.54) is 19.1 Å². The van der Waals surface area contributed by atoms with Gasteiger partial charge in [0.2, 0.25) is 0 Å². The Balaban J connectivity index is 1.70. The van der Waals surface area contributed by atoms with Gasteiger partial charge in [-0.25, -0.2) is 0 Å². The van der Waals surface area contributed by atoms with Crippen LogP contribution in [0.4, 0.5) is 13.2 Å². The van der Waals surface area contributed by atoms with Gasteiger partial charge in [-0.05, 0) is 47.7 Å². The molecule has 0 radical (unpaired) electrons. The summed E-state index contributed by atoms with van der Waals surface area (Å²) in [7, 11) is -5.73. The van der Waals surface area contributed by atoms with Gasteiger partial charge in [0.25, 0.3) is 0 Å². The molecule has 0 aromatic heterocycles. The Morgan fingerprint density at radius 1 is 1.18 bits per heavy atom. The average Bonchev–Trinajstić information content (AvgIpc) is 2.74. The van der Waals surface area contributed by atoms with E-state index in [9.17, 15) is 26.4 Å². The second kappa shape index (κ2) is 10.1. The van der Waals surface area contributed by atoms with Crippen LogP contribution in [0.3, 0.4) is 0 Å². The van der Waals surface area contributed by atoms with Crippen LogP contribution in [-0.4, -0.2) is 32.6 Å². The predicted octanol–water partition coefficient (Wildman–Crippen LogP) is 5.11. The van der Waals surface area contributed by atoms with Crippen LogP contribution >= 0.6 is 11.6 Å². The van der Waals surface area contributed by atoms with E-state index in [1.54, 1.807) is 6.07 Å². The van der Waals surface area contributed by atoms with Gasteiger partial charge in [-0.1, -0.05) is 48.0 Å².